The van der Waals surface area contributed by atoms with Gasteiger partial charge in [-0.05, 0) is 43.2 Å². The quantitative estimate of drug-likeness (QED) is 0.875. The number of rotatable bonds is 5. The smallest absolute Gasteiger partial charge is 0.144 e. The zero-order valence-corrected chi connectivity index (χ0v) is 12.0. The van der Waals surface area contributed by atoms with Gasteiger partial charge in [0.1, 0.15) is 11.9 Å². The third-order valence-electron chi connectivity index (χ3n) is 3.85. The molecule has 0 saturated carbocycles. The Morgan fingerprint density at radius 3 is 2.95 bits per heavy atom. The molecule has 3 nitrogen and oxygen atoms in total. The van der Waals surface area contributed by atoms with E-state index < -0.39 is 0 Å². The van der Waals surface area contributed by atoms with Gasteiger partial charge >= 0.3 is 0 Å². The van der Waals surface area contributed by atoms with E-state index in [1.807, 2.05) is 0 Å². The maximum Gasteiger partial charge on any atom is 0.144 e. The van der Waals surface area contributed by atoms with Crippen LogP contribution in [0.2, 0.25) is 0 Å². The van der Waals surface area contributed by atoms with Gasteiger partial charge in [-0.25, -0.2) is 4.98 Å². The Kier molecular flexibility index (Phi) is 4.79. The van der Waals surface area contributed by atoms with Crippen LogP contribution < -0.4 is 5.32 Å². The first kappa shape index (κ1) is 13.9. The predicted molar refractivity (Wildman–Crippen MR) is 78.2 cm³/mol. The van der Waals surface area contributed by atoms with Gasteiger partial charge in [0.05, 0.1) is 5.56 Å². The highest BCUT2D eigenvalue weighted by molar-refractivity contribution is 5.54. The minimum absolute atomic E-state index is 0.698. The van der Waals surface area contributed by atoms with Crippen molar-refractivity contribution < 1.29 is 0 Å². The van der Waals surface area contributed by atoms with Crippen LogP contribution in [-0.2, 0) is 12.8 Å². The second-order valence-electron chi connectivity index (χ2n) is 5.43. The second-order valence-corrected chi connectivity index (χ2v) is 5.43. The van der Waals surface area contributed by atoms with E-state index in [2.05, 4.69) is 36.3 Å². The number of hydrogen-bond donors (Lipinski definition) is 1. The summed E-state index contributed by atoms with van der Waals surface area (Å²) in [6.45, 7) is 5.23. The van der Waals surface area contributed by atoms with Crippen molar-refractivity contribution in [3.63, 3.8) is 0 Å². The molecule has 0 aromatic carbocycles. The zero-order chi connectivity index (χ0) is 13.7. The minimum Gasteiger partial charge on any atom is -0.369 e. The number of nitrogens with zero attached hydrogens (tertiary/aromatic N) is 2. The van der Waals surface area contributed by atoms with Gasteiger partial charge in [-0.15, -0.1) is 0 Å². The molecule has 0 fully saturated rings. The van der Waals surface area contributed by atoms with Crippen molar-refractivity contribution in [2.75, 3.05) is 11.9 Å². The Morgan fingerprint density at radius 2 is 2.26 bits per heavy atom. The number of nitrogens with one attached hydrogen (secondary N) is 1. The molecular weight excluding hydrogens is 234 g/mol. The monoisotopic (exact) mass is 257 g/mol. The minimum atomic E-state index is 0.698. The molecule has 1 aliphatic rings. The fourth-order valence-electron chi connectivity index (χ4n) is 2.86. The molecule has 0 spiro atoms. The Hall–Kier alpha value is -1.56. The summed E-state index contributed by atoms with van der Waals surface area (Å²) in [4.78, 5) is 4.68. The lowest BCUT2D eigenvalue weighted by Gasteiger charge is -2.24. The summed E-state index contributed by atoms with van der Waals surface area (Å²) in [5, 5.41) is 12.5. The third-order valence-corrected chi connectivity index (χ3v) is 3.85. The first-order chi connectivity index (χ1) is 9.28. The Morgan fingerprint density at radius 1 is 1.42 bits per heavy atom. The first-order valence-electron chi connectivity index (χ1n) is 7.45. The SMILES string of the molecule is CCCNc1nc2c(cc1C#N)CC(CCC)CC2. The third kappa shape index (κ3) is 3.26. The normalized spacial score (nSPS) is 17.6. The van der Waals surface area contributed by atoms with Crippen LogP contribution in [0.1, 0.15) is 56.4 Å². The second kappa shape index (κ2) is 6.56. The average molecular weight is 257 g/mol. The zero-order valence-electron chi connectivity index (χ0n) is 12.0. The van der Waals surface area contributed by atoms with Crippen LogP contribution in [0.3, 0.4) is 0 Å². The molecule has 1 aromatic heterocycles. The molecule has 1 aliphatic carbocycles. The van der Waals surface area contributed by atoms with E-state index in [1.165, 1.54) is 30.5 Å². The van der Waals surface area contributed by atoms with E-state index >= 15 is 0 Å². The summed E-state index contributed by atoms with van der Waals surface area (Å²) >= 11 is 0. The summed E-state index contributed by atoms with van der Waals surface area (Å²) in [5.74, 6) is 1.55. The molecule has 1 unspecified atom stereocenters. The van der Waals surface area contributed by atoms with Gasteiger partial charge in [0.15, 0.2) is 0 Å². The summed E-state index contributed by atoms with van der Waals surface area (Å²) in [5.41, 5.74) is 3.19. The fourth-order valence-corrected chi connectivity index (χ4v) is 2.86. The lowest BCUT2D eigenvalue weighted by molar-refractivity contribution is 0.418. The topological polar surface area (TPSA) is 48.7 Å². The molecular formula is C16H23N3. The van der Waals surface area contributed by atoms with Gasteiger partial charge in [0.25, 0.3) is 0 Å². The summed E-state index contributed by atoms with van der Waals surface area (Å²) in [7, 11) is 0. The number of fused-ring (bicyclic) bond motifs is 1. The Bertz CT molecular complexity index is 474. The van der Waals surface area contributed by atoms with E-state index in [0.717, 1.165) is 37.5 Å². The molecule has 0 saturated heterocycles. The molecule has 2 rings (SSSR count). The van der Waals surface area contributed by atoms with Crippen molar-refractivity contribution in [2.24, 2.45) is 5.92 Å². The van der Waals surface area contributed by atoms with Gasteiger partial charge < -0.3 is 5.32 Å². The van der Waals surface area contributed by atoms with Gasteiger partial charge in [0.2, 0.25) is 0 Å². The van der Waals surface area contributed by atoms with E-state index in [9.17, 15) is 5.26 Å². The molecule has 1 heterocycles. The fraction of sp³-hybridized carbons (Fsp3) is 0.625. The summed E-state index contributed by atoms with van der Waals surface area (Å²) in [6, 6.07) is 4.33. The average Bonchev–Trinajstić information content (AvgIpc) is 2.44. The first-order valence-corrected chi connectivity index (χ1v) is 7.45. The molecule has 1 aromatic rings. The van der Waals surface area contributed by atoms with E-state index in [-0.39, 0.29) is 0 Å². The summed E-state index contributed by atoms with van der Waals surface area (Å²) < 4.78 is 0. The molecule has 19 heavy (non-hydrogen) atoms. The molecule has 3 heteroatoms. The van der Waals surface area contributed by atoms with E-state index in [1.54, 1.807) is 0 Å². The van der Waals surface area contributed by atoms with Crippen LogP contribution >= 0.6 is 0 Å². The lowest BCUT2D eigenvalue weighted by Crippen LogP contribution is -2.17. The molecule has 0 amide bonds. The van der Waals surface area contributed by atoms with Crippen molar-refractivity contribution in [1.29, 1.82) is 5.26 Å². The van der Waals surface area contributed by atoms with Crippen LogP contribution in [0.5, 0.6) is 0 Å². The molecule has 1 N–H and O–H groups in total. The van der Waals surface area contributed by atoms with Crippen molar-refractivity contribution in [3.05, 3.63) is 22.9 Å². The number of aromatic nitrogens is 1. The molecule has 0 bridgehead atoms. The van der Waals surface area contributed by atoms with E-state index in [0.29, 0.717) is 5.56 Å². The predicted octanol–water partition coefficient (Wildman–Crippen LogP) is 3.68. The van der Waals surface area contributed by atoms with Gasteiger partial charge in [-0.3, -0.25) is 0 Å². The van der Waals surface area contributed by atoms with Crippen LogP contribution in [0.25, 0.3) is 0 Å². The Labute approximate surface area is 116 Å². The van der Waals surface area contributed by atoms with Crippen molar-refractivity contribution in [2.45, 2.75) is 52.4 Å². The van der Waals surface area contributed by atoms with Gasteiger partial charge in [0, 0.05) is 12.2 Å². The molecule has 0 aliphatic heterocycles. The van der Waals surface area contributed by atoms with Gasteiger partial charge in [-0.2, -0.15) is 5.26 Å². The van der Waals surface area contributed by atoms with Crippen LogP contribution in [-0.4, -0.2) is 11.5 Å². The van der Waals surface area contributed by atoms with Crippen LogP contribution in [0.15, 0.2) is 6.07 Å². The summed E-state index contributed by atoms with van der Waals surface area (Å²) in [6.07, 6.45) is 6.98. The highest BCUT2D eigenvalue weighted by atomic mass is 15.0. The standard InChI is InChI=1S/C16H23N3/c1-3-5-12-6-7-15-13(9-12)10-14(11-17)16(19-15)18-8-4-2/h10,12H,3-9H2,1-2H3,(H,18,19). The number of anilines is 1. The van der Waals surface area contributed by atoms with Crippen molar-refractivity contribution >= 4 is 5.82 Å². The molecule has 1 atom stereocenters. The van der Waals surface area contributed by atoms with E-state index in [4.69, 9.17) is 0 Å². The lowest BCUT2D eigenvalue weighted by atomic mass is 9.83. The molecule has 102 valence electrons. The van der Waals surface area contributed by atoms with Crippen molar-refractivity contribution in [1.82, 2.24) is 4.98 Å². The molecule has 0 radical (unpaired) electrons. The largest absolute Gasteiger partial charge is 0.369 e. The maximum absolute atomic E-state index is 9.26. The van der Waals surface area contributed by atoms with Gasteiger partial charge in [-0.1, -0.05) is 26.7 Å². The van der Waals surface area contributed by atoms with Crippen molar-refractivity contribution in [3.8, 4) is 6.07 Å². The number of nitriles is 1. The van der Waals surface area contributed by atoms with Crippen LogP contribution in [0, 0.1) is 17.2 Å². The maximum atomic E-state index is 9.26. The number of hydrogen-bond acceptors (Lipinski definition) is 3. The highest BCUT2D eigenvalue weighted by Gasteiger charge is 2.21. The Balaban J connectivity index is 2.22. The number of aryl methyl sites for hydroxylation is 1. The highest BCUT2D eigenvalue weighted by Crippen LogP contribution is 2.29. The number of pyridine rings is 1. The van der Waals surface area contributed by atoms with Crippen LogP contribution in [0.4, 0.5) is 5.82 Å².